The van der Waals surface area contributed by atoms with Crippen LogP contribution in [0.2, 0.25) is 0 Å². The second-order valence-corrected chi connectivity index (χ2v) is 6.71. The van der Waals surface area contributed by atoms with Crippen LogP contribution in [-0.2, 0) is 6.42 Å². The Morgan fingerprint density at radius 1 is 1.38 bits per heavy atom. The standard InChI is InChI=1S/C18H22N4OS/c1-3-15(17-20-12(2)11-24-17)22-18(23)19-9-8-14-10-13-6-4-5-7-16(13)21-14/h4-7,10-11,15,21H,3,8-9H2,1-2H3,(H2,19,22,23)/t15-/m1/s1. The van der Waals surface area contributed by atoms with Crippen molar-refractivity contribution in [1.82, 2.24) is 20.6 Å². The van der Waals surface area contributed by atoms with E-state index < -0.39 is 0 Å². The number of urea groups is 1. The molecule has 0 saturated carbocycles. The van der Waals surface area contributed by atoms with Crippen LogP contribution < -0.4 is 10.6 Å². The lowest BCUT2D eigenvalue weighted by molar-refractivity contribution is 0.236. The largest absolute Gasteiger partial charge is 0.358 e. The maximum absolute atomic E-state index is 12.1. The van der Waals surface area contributed by atoms with Crippen LogP contribution in [0.5, 0.6) is 0 Å². The third-order valence-electron chi connectivity index (χ3n) is 3.91. The van der Waals surface area contributed by atoms with Gasteiger partial charge in [0.2, 0.25) is 0 Å². The zero-order chi connectivity index (χ0) is 16.9. The fourth-order valence-corrected chi connectivity index (χ4v) is 3.59. The number of fused-ring (bicyclic) bond motifs is 1. The second-order valence-electron chi connectivity index (χ2n) is 5.82. The zero-order valence-corrected chi connectivity index (χ0v) is 14.7. The van der Waals surface area contributed by atoms with E-state index >= 15 is 0 Å². The van der Waals surface area contributed by atoms with Crippen LogP contribution in [0.1, 0.15) is 35.8 Å². The van der Waals surface area contributed by atoms with E-state index in [2.05, 4.69) is 38.8 Å². The minimum Gasteiger partial charge on any atom is -0.358 e. The highest BCUT2D eigenvalue weighted by Gasteiger charge is 2.15. The Kier molecular flexibility index (Phi) is 5.15. The summed E-state index contributed by atoms with van der Waals surface area (Å²) in [5.41, 5.74) is 3.25. The van der Waals surface area contributed by atoms with Gasteiger partial charge in [0.15, 0.2) is 0 Å². The molecule has 0 fully saturated rings. The Bertz CT molecular complexity index is 790. The fourth-order valence-electron chi connectivity index (χ4n) is 2.66. The number of hydrogen-bond donors (Lipinski definition) is 3. The molecule has 0 saturated heterocycles. The van der Waals surface area contributed by atoms with Crippen molar-refractivity contribution >= 4 is 28.3 Å². The molecule has 6 heteroatoms. The number of aromatic amines is 1. The van der Waals surface area contributed by atoms with Crippen molar-refractivity contribution in [3.63, 3.8) is 0 Å². The van der Waals surface area contributed by atoms with Gasteiger partial charge in [-0.05, 0) is 30.9 Å². The van der Waals surface area contributed by atoms with Crippen LogP contribution >= 0.6 is 11.3 Å². The summed E-state index contributed by atoms with van der Waals surface area (Å²) >= 11 is 1.59. The predicted molar refractivity (Wildman–Crippen MR) is 98.4 cm³/mol. The number of aryl methyl sites for hydroxylation is 1. The molecule has 126 valence electrons. The van der Waals surface area contributed by atoms with Crippen molar-refractivity contribution < 1.29 is 4.79 Å². The van der Waals surface area contributed by atoms with Crippen molar-refractivity contribution in [2.45, 2.75) is 32.7 Å². The molecule has 1 aromatic carbocycles. The molecule has 0 spiro atoms. The maximum atomic E-state index is 12.1. The van der Waals surface area contributed by atoms with E-state index in [1.165, 1.54) is 5.39 Å². The van der Waals surface area contributed by atoms with Gasteiger partial charge in [-0.3, -0.25) is 0 Å². The zero-order valence-electron chi connectivity index (χ0n) is 13.9. The van der Waals surface area contributed by atoms with Gasteiger partial charge >= 0.3 is 6.03 Å². The van der Waals surface area contributed by atoms with Gasteiger partial charge in [-0.1, -0.05) is 25.1 Å². The smallest absolute Gasteiger partial charge is 0.315 e. The molecule has 1 atom stereocenters. The quantitative estimate of drug-likeness (QED) is 0.635. The van der Waals surface area contributed by atoms with E-state index in [-0.39, 0.29) is 12.1 Å². The van der Waals surface area contributed by atoms with Gasteiger partial charge in [0.1, 0.15) is 5.01 Å². The van der Waals surface area contributed by atoms with Gasteiger partial charge < -0.3 is 15.6 Å². The lowest BCUT2D eigenvalue weighted by atomic mass is 10.2. The summed E-state index contributed by atoms with van der Waals surface area (Å²) in [6.45, 7) is 4.60. The molecule has 3 aromatic rings. The first-order chi connectivity index (χ1) is 11.7. The third-order valence-corrected chi connectivity index (χ3v) is 4.99. The molecular weight excluding hydrogens is 320 g/mol. The Hall–Kier alpha value is -2.34. The Labute approximate surface area is 145 Å². The summed E-state index contributed by atoms with van der Waals surface area (Å²) in [4.78, 5) is 19.9. The number of carbonyl (C=O) groups is 1. The van der Waals surface area contributed by atoms with Crippen LogP contribution in [0.4, 0.5) is 4.79 Å². The number of aromatic nitrogens is 2. The Morgan fingerprint density at radius 2 is 2.21 bits per heavy atom. The van der Waals surface area contributed by atoms with Crippen molar-refractivity contribution in [2.75, 3.05) is 6.54 Å². The molecule has 0 bridgehead atoms. The summed E-state index contributed by atoms with van der Waals surface area (Å²) in [5.74, 6) is 0. The van der Waals surface area contributed by atoms with E-state index in [0.717, 1.165) is 34.8 Å². The first kappa shape index (κ1) is 16.5. The second kappa shape index (κ2) is 7.49. The molecule has 0 aliphatic carbocycles. The first-order valence-corrected chi connectivity index (χ1v) is 9.06. The average molecular weight is 342 g/mol. The number of thiazole rings is 1. The van der Waals surface area contributed by atoms with E-state index in [0.29, 0.717) is 6.54 Å². The molecular formula is C18H22N4OS. The van der Waals surface area contributed by atoms with Gasteiger partial charge in [0.25, 0.3) is 0 Å². The van der Waals surface area contributed by atoms with Crippen molar-refractivity contribution in [2.24, 2.45) is 0 Å². The van der Waals surface area contributed by atoms with Crippen LogP contribution in [-0.4, -0.2) is 22.5 Å². The van der Waals surface area contributed by atoms with Gasteiger partial charge in [-0.25, -0.2) is 9.78 Å². The summed E-state index contributed by atoms with van der Waals surface area (Å²) in [7, 11) is 0. The average Bonchev–Trinajstić information content (AvgIpc) is 3.18. The Morgan fingerprint density at radius 3 is 2.92 bits per heavy atom. The maximum Gasteiger partial charge on any atom is 0.315 e. The highest BCUT2D eigenvalue weighted by atomic mass is 32.1. The lowest BCUT2D eigenvalue weighted by Gasteiger charge is -2.15. The number of H-pyrrole nitrogens is 1. The van der Waals surface area contributed by atoms with Gasteiger partial charge in [0.05, 0.1) is 6.04 Å². The number of nitrogens with one attached hydrogen (secondary N) is 3. The van der Waals surface area contributed by atoms with Gasteiger partial charge in [-0.15, -0.1) is 11.3 Å². The molecule has 3 N–H and O–H groups in total. The number of carbonyl (C=O) groups excluding carboxylic acids is 1. The van der Waals surface area contributed by atoms with Crippen LogP contribution in [0.15, 0.2) is 35.7 Å². The Balaban J connectivity index is 1.49. The molecule has 3 rings (SSSR count). The van der Waals surface area contributed by atoms with E-state index in [1.54, 1.807) is 11.3 Å². The molecule has 0 aliphatic rings. The molecule has 2 amide bonds. The minimum atomic E-state index is -0.147. The van der Waals surface area contributed by atoms with Gasteiger partial charge in [-0.2, -0.15) is 0 Å². The van der Waals surface area contributed by atoms with E-state index in [9.17, 15) is 4.79 Å². The van der Waals surface area contributed by atoms with Crippen LogP contribution in [0, 0.1) is 6.92 Å². The molecule has 24 heavy (non-hydrogen) atoms. The predicted octanol–water partition coefficient (Wildman–Crippen LogP) is 3.93. The lowest BCUT2D eigenvalue weighted by Crippen LogP contribution is -2.38. The summed E-state index contributed by atoms with van der Waals surface area (Å²) < 4.78 is 0. The normalized spacial score (nSPS) is 12.2. The van der Waals surface area contributed by atoms with Crippen molar-refractivity contribution in [3.8, 4) is 0 Å². The number of para-hydroxylation sites is 1. The van der Waals surface area contributed by atoms with Crippen molar-refractivity contribution in [3.05, 3.63) is 52.1 Å². The minimum absolute atomic E-state index is 0.0308. The number of benzene rings is 1. The van der Waals surface area contributed by atoms with E-state index in [1.807, 2.05) is 31.4 Å². The molecule has 2 aromatic heterocycles. The van der Waals surface area contributed by atoms with Crippen LogP contribution in [0.25, 0.3) is 10.9 Å². The number of amides is 2. The molecule has 0 radical (unpaired) electrons. The third kappa shape index (κ3) is 3.94. The molecule has 2 heterocycles. The monoisotopic (exact) mass is 342 g/mol. The topological polar surface area (TPSA) is 69.8 Å². The van der Waals surface area contributed by atoms with Crippen molar-refractivity contribution in [1.29, 1.82) is 0 Å². The highest BCUT2D eigenvalue weighted by Crippen LogP contribution is 2.20. The number of nitrogens with zero attached hydrogens (tertiary/aromatic N) is 1. The molecule has 0 unspecified atom stereocenters. The molecule has 0 aliphatic heterocycles. The van der Waals surface area contributed by atoms with Crippen LogP contribution in [0.3, 0.4) is 0 Å². The SMILES string of the molecule is CC[C@@H](NC(=O)NCCc1cc2ccccc2[nH]1)c1nc(C)cs1. The van der Waals surface area contributed by atoms with E-state index in [4.69, 9.17) is 0 Å². The summed E-state index contributed by atoms with van der Waals surface area (Å²) in [6.07, 6.45) is 1.59. The fraction of sp³-hybridized carbons (Fsp3) is 0.333. The molecule has 5 nitrogen and oxygen atoms in total. The summed E-state index contributed by atoms with van der Waals surface area (Å²) in [5, 5.41) is 10.1. The van der Waals surface area contributed by atoms with Gasteiger partial charge in [0, 0.05) is 35.3 Å². The highest BCUT2D eigenvalue weighted by molar-refractivity contribution is 7.09. The summed E-state index contributed by atoms with van der Waals surface area (Å²) in [6, 6.07) is 10.1. The number of rotatable bonds is 6. The first-order valence-electron chi connectivity index (χ1n) is 8.18. The number of hydrogen-bond acceptors (Lipinski definition) is 3.